The second-order valence-electron chi connectivity index (χ2n) is 6.12. The van der Waals surface area contributed by atoms with Crippen LogP contribution in [0.4, 0.5) is 0 Å². The lowest BCUT2D eigenvalue weighted by Gasteiger charge is -2.44. The average molecular weight is 238 g/mol. The van der Waals surface area contributed by atoms with Gasteiger partial charge in [-0.2, -0.15) is 0 Å². The third-order valence-electron chi connectivity index (χ3n) is 5.16. The number of piperidine rings is 1. The highest BCUT2D eigenvalue weighted by molar-refractivity contribution is 4.93. The SMILES string of the molecule is CCCN1CCCC2(CCNCC2CC)CC1. The summed E-state index contributed by atoms with van der Waals surface area (Å²) < 4.78 is 0. The number of nitrogens with one attached hydrogen (secondary N) is 1. The Morgan fingerprint density at radius 1 is 1.18 bits per heavy atom. The molecule has 1 spiro atoms. The second-order valence-corrected chi connectivity index (χ2v) is 6.12. The van der Waals surface area contributed by atoms with Crippen LogP contribution in [0.3, 0.4) is 0 Å². The first-order valence-electron chi connectivity index (χ1n) is 7.74. The molecule has 0 bridgehead atoms. The maximum atomic E-state index is 3.60. The number of hydrogen-bond acceptors (Lipinski definition) is 2. The van der Waals surface area contributed by atoms with E-state index in [-0.39, 0.29) is 0 Å². The first-order valence-corrected chi connectivity index (χ1v) is 7.74. The van der Waals surface area contributed by atoms with Gasteiger partial charge in [0, 0.05) is 0 Å². The highest BCUT2D eigenvalue weighted by Crippen LogP contribution is 2.44. The molecule has 0 aromatic rings. The molecule has 0 saturated carbocycles. The van der Waals surface area contributed by atoms with Gasteiger partial charge >= 0.3 is 0 Å². The van der Waals surface area contributed by atoms with E-state index in [1.165, 1.54) is 71.2 Å². The first-order chi connectivity index (χ1) is 8.30. The monoisotopic (exact) mass is 238 g/mol. The summed E-state index contributed by atoms with van der Waals surface area (Å²) in [6.07, 6.45) is 8.45. The first kappa shape index (κ1) is 13.4. The number of likely N-dealkylation sites (tertiary alicyclic amines) is 1. The maximum Gasteiger partial charge on any atom is -0.00133 e. The highest BCUT2D eigenvalue weighted by atomic mass is 15.1. The van der Waals surface area contributed by atoms with E-state index in [9.17, 15) is 0 Å². The van der Waals surface area contributed by atoms with Crippen LogP contribution in [0.25, 0.3) is 0 Å². The predicted octanol–water partition coefficient (Wildman–Crippen LogP) is 2.89. The van der Waals surface area contributed by atoms with Crippen molar-refractivity contribution in [2.24, 2.45) is 11.3 Å². The molecular weight excluding hydrogens is 208 g/mol. The third kappa shape index (κ3) is 3.03. The lowest BCUT2D eigenvalue weighted by Crippen LogP contribution is -2.45. The van der Waals surface area contributed by atoms with Gasteiger partial charge in [-0.25, -0.2) is 0 Å². The molecule has 2 atom stereocenters. The van der Waals surface area contributed by atoms with Gasteiger partial charge in [-0.1, -0.05) is 20.3 Å². The van der Waals surface area contributed by atoms with Gasteiger partial charge in [-0.15, -0.1) is 0 Å². The molecule has 1 N–H and O–H groups in total. The van der Waals surface area contributed by atoms with Crippen LogP contribution in [-0.4, -0.2) is 37.6 Å². The molecule has 17 heavy (non-hydrogen) atoms. The van der Waals surface area contributed by atoms with Crippen LogP contribution >= 0.6 is 0 Å². The molecule has 2 rings (SSSR count). The third-order valence-corrected chi connectivity index (χ3v) is 5.16. The van der Waals surface area contributed by atoms with Gasteiger partial charge in [0.2, 0.25) is 0 Å². The Bertz CT molecular complexity index is 229. The molecular formula is C15H30N2. The number of nitrogens with zero attached hydrogens (tertiary/aromatic N) is 1. The summed E-state index contributed by atoms with van der Waals surface area (Å²) >= 11 is 0. The standard InChI is InChI=1S/C15H30N2/c1-3-10-17-11-5-6-15(8-12-17)7-9-16-13-14(15)4-2/h14,16H,3-13H2,1-2H3. The minimum Gasteiger partial charge on any atom is -0.316 e. The predicted molar refractivity (Wildman–Crippen MR) is 74.3 cm³/mol. The zero-order chi connectivity index (χ0) is 12.1. The normalized spacial score (nSPS) is 36.0. The van der Waals surface area contributed by atoms with Gasteiger partial charge in [0.15, 0.2) is 0 Å². The molecule has 0 radical (unpaired) electrons. The van der Waals surface area contributed by atoms with Crippen molar-refractivity contribution >= 4 is 0 Å². The lowest BCUT2D eigenvalue weighted by atomic mass is 9.65. The molecule has 2 unspecified atom stereocenters. The minimum atomic E-state index is 0.683. The molecule has 2 saturated heterocycles. The smallest absolute Gasteiger partial charge is 0.00133 e. The zero-order valence-electron chi connectivity index (χ0n) is 11.8. The fourth-order valence-electron chi connectivity index (χ4n) is 4.08. The largest absolute Gasteiger partial charge is 0.316 e. The van der Waals surface area contributed by atoms with E-state index >= 15 is 0 Å². The fraction of sp³-hybridized carbons (Fsp3) is 1.00. The van der Waals surface area contributed by atoms with Crippen LogP contribution in [0, 0.1) is 11.3 Å². The van der Waals surface area contributed by atoms with Gasteiger partial charge < -0.3 is 10.2 Å². The van der Waals surface area contributed by atoms with Gasteiger partial charge in [0.1, 0.15) is 0 Å². The van der Waals surface area contributed by atoms with Crippen molar-refractivity contribution in [3.8, 4) is 0 Å². The second kappa shape index (κ2) is 6.19. The summed E-state index contributed by atoms with van der Waals surface area (Å²) in [6, 6.07) is 0. The van der Waals surface area contributed by atoms with Crippen molar-refractivity contribution < 1.29 is 0 Å². The van der Waals surface area contributed by atoms with Crippen LogP contribution < -0.4 is 5.32 Å². The van der Waals surface area contributed by atoms with Crippen LogP contribution in [0.2, 0.25) is 0 Å². The van der Waals surface area contributed by atoms with Crippen LogP contribution in [0.1, 0.15) is 52.4 Å². The number of hydrogen-bond donors (Lipinski definition) is 1. The Labute approximate surface area is 107 Å². The van der Waals surface area contributed by atoms with Crippen molar-refractivity contribution in [3.63, 3.8) is 0 Å². The molecule has 2 heteroatoms. The van der Waals surface area contributed by atoms with E-state index in [0.717, 1.165) is 5.92 Å². The Kier molecular flexibility index (Phi) is 4.87. The van der Waals surface area contributed by atoms with Crippen LogP contribution in [0.5, 0.6) is 0 Å². The Balaban J connectivity index is 1.99. The summed E-state index contributed by atoms with van der Waals surface area (Å²) in [4.78, 5) is 2.70. The quantitative estimate of drug-likeness (QED) is 0.813. The summed E-state index contributed by atoms with van der Waals surface area (Å²) in [5.74, 6) is 0.929. The molecule has 2 aliphatic heterocycles. The Hall–Kier alpha value is -0.0800. The van der Waals surface area contributed by atoms with E-state index in [4.69, 9.17) is 0 Å². The van der Waals surface area contributed by atoms with Crippen molar-refractivity contribution in [1.82, 2.24) is 10.2 Å². The van der Waals surface area contributed by atoms with Crippen LogP contribution in [0.15, 0.2) is 0 Å². The molecule has 2 fully saturated rings. The average Bonchev–Trinajstić information content (AvgIpc) is 2.55. The van der Waals surface area contributed by atoms with Crippen molar-refractivity contribution in [2.75, 3.05) is 32.7 Å². The summed E-state index contributed by atoms with van der Waals surface area (Å²) in [5.41, 5.74) is 0.683. The Morgan fingerprint density at radius 3 is 2.82 bits per heavy atom. The van der Waals surface area contributed by atoms with E-state index in [0.29, 0.717) is 5.41 Å². The fourth-order valence-corrected chi connectivity index (χ4v) is 4.08. The van der Waals surface area contributed by atoms with Gasteiger partial charge in [0.05, 0.1) is 0 Å². The topological polar surface area (TPSA) is 15.3 Å². The molecule has 100 valence electrons. The van der Waals surface area contributed by atoms with Crippen molar-refractivity contribution in [1.29, 1.82) is 0 Å². The molecule has 0 aliphatic carbocycles. The molecule has 2 heterocycles. The van der Waals surface area contributed by atoms with Gasteiger partial charge in [-0.05, 0) is 76.2 Å². The van der Waals surface area contributed by atoms with E-state index < -0.39 is 0 Å². The molecule has 2 aliphatic rings. The van der Waals surface area contributed by atoms with Crippen molar-refractivity contribution in [3.05, 3.63) is 0 Å². The van der Waals surface area contributed by atoms with Crippen molar-refractivity contribution in [2.45, 2.75) is 52.4 Å². The van der Waals surface area contributed by atoms with Gasteiger partial charge in [0.25, 0.3) is 0 Å². The molecule has 2 nitrogen and oxygen atoms in total. The highest BCUT2D eigenvalue weighted by Gasteiger charge is 2.40. The van der Waals surface area contributed by atoms with Crippen LogP contribution in [-0.2, 0) is 0 Å². The lowest BCUT2D eigenvalue weighted by molar-refractivity contribution is 0.0831. The summed E-state index contributed by atoms with van der Waals surface area (Å²) in [5, 5.41) is 3.60. The summed E-state index contributed by atoms with van der Waals surface area (Å²) in [7, 11) is 0. The number of rotatable bonds is 3. The van der Waals surface area contributed by atoms with E-state index in [2.05, 4.69) is 24.1 Å². The molecule has 0 amide bonds. The minimum absolute atomic E-state index is 0.683. The molecule has 0 aromatic heterocycles. The van der Waals surface area contributed by atoms with E-state index in [1.54, 1.807) is 0 Å². The Morgan fingerprint density at radius 2 is 2.06 bits per heavy atom. The zero-order valence-corrected chi connectivity index (χ0v) is 11.8. The molecule has 0 aromatic carbocycles. The maximum absolute atomic E-state index is 3.60. The van der Waals surface area contributed by atoms with E-state index in [1.807, 2.05) is 0 Å². The van der Waals surface area contributed by atoms with Gasteiger partial charge in [-0.3, -0.25) is 0 Å². The summed E-state index contributed by atoms with van der Waals surface area (Å²) in [6.45, 7) is 11.2.